The molecule has 4 nitrogen and oxygen atoms in total. The number of ether oxygens (including phenoxy) is 1. The van der Waals surface area contributed by atoms with Crippen LogP contribution < -0.4 is 10.1 Å². The fraction of sp³-hybridized carbons (Fsp3) is 0.286. The molecule has 1 N–H and O–H groups in total. The van der Waals surface area contributed by atoms with Gasteiger partial charge >= 0.3 is 0 Å². The van der Waals surface area contributed by atoms with E-state index in [0.29, 0.717) is 5.95 Å². The van der Waals surface area contributed by atoms with Gasteiger partial charge in [-0.15, -0.1) is 0 Å². The molecular weight excluding hydrogens is 281 g/mol. The van der Waals surface area contributed by atoms with E-state index in [9.17, 15) is 4.39 Å². The van der Waals surface area contributed by atoms with Crippen LogP contribution in [0.2, 0.25) is 5.02 Å². The van der Waals surface area contributed by atoms with Gasteiger partial charge in [-0.25, -0.2) is 9.37 Å². The van der Waals surface area contributed by atoms with Gasteiger partial charge in [0.25, 0.3) is 0 Å². The third-order valence-corrected chi connectivity index (χ3v) is 2.79. The number of benzene rings is 1. The second-order valence-corrected chi connectivity index (χ2v) is 4.66. The Balaban J connectivity index is 2.24. The average Bonchev–Trinajstić information content (AvgIpc) is 2.41. The Morgan fingerprint density at radius 1 is 1.35 bits per heavy atom. The molecule has 0 saturated carbocycles. The monoisotopic (exact) mass is 295 g/mol. The Bertz CT molecular complexity index is 607. The Hall–Kier alpha value is -1.88. The Kier molecular flexibility index (Phi) is 4.74. The van der Waals surface area contributed by atoms with Crippen LogP contribution >= 0.6 is 11.6 Å². The molecule has 0 bridgehead atoms. The Morgan fingerprint density at radius 2 is 2.15 bits per heavy atom. The first-order valence-corrected chi connectivity index (χ1v) is 6.69. The predicted molar refractivity (Wildman–Crippen MR) is 77.0 cm³/mol. The summed E-state index contributed by atoms with van der Waals surface area (Å²) in [5.74, 6) is 0.173. The van der Waals surface area contributed by atoms with Gasteiger partial charge < -0.3 is 10.1 Å². The summed E-state index contributed by atoms with van der Waals surface area (Å²) in [4.78, 5) is 8.41. The molecular formula is C14H15ClFN3O. The number of hydrogen-bond donors (Lipinski definition) is 1. The molecule has 106 valence electrons. The van der Waals surface area contributed by atoms with Gasteiger partial charge in [0.2, 0.25) is 11.8 Å². The van der Waals surface area contributed by atoms with Crippen molar-refractivity contribution >= 4 is 17.5 Å². The van der Waals surface area contributed by atoms with Crippen molar-refractivity contribution in [3.8, 4) is 11.6 Å². The van der Waals surface area contributed by atoms with E-state index < -0.39 is 5.82 Å². The zero-order chi connectivity index (χ0) is 14.5. The quantitative estimate of drug-likeness (QED) is 0.898. The summed E-state index contributed by atoms with van der Waals surface area (Å²) in [6.07, 6.45) is 0.955. The smallest absolute Gasteiger partial charge is 0.226 e. The lowest BCUT2D eigenvalue weighted by atomic mass is 10.3. The van der Waals surface area contributed by atoms with Crippen molar-refractivity contribution in [2.24, 2.45) is 0 Å². The van der Waals surface area contributed by atoms with Gasteiger partial charge in [-0.1, -0.05) is 24.6 Å². The van der Waals surface area contributed by atoms with Gasteiger partial charge in [0.15, 0.2) is 11.6 Å². The number of hydrogen-bond acceptors (Lipinski definition) is 4. The van der Waals surface area contributed by atoms with Crippen molar-refractivity contribution in [3.63, 3.8) is 0 Å². The molecule has 1 heterocycles. The van der Waals surface area contributed by atoms with E-state index in [0.717, 1.165) is 18.7 Å². The van der Waals surface area contributed by atoms with Crippen molar-refractivity contribution in [2.45, 2.75) is 20.3 Å². The minimum atomic E-state index is -0.603. The molecule has 0 unspecified atom stereocenters. The van der Waals surface area contributed by atoms with Crippen molar-refractivity contribution in [3.05, 3.63) is 40.8 Å². The summed E-state index contributed by atoms with van der Waals surface area (Å²) in [5.41, 5.74) is 0.732. The highest BCUT2D eigenvalue weighted by Crippen LogP contribution is 2.28. The van der Waals surface area contributed by atoms with Gasteiger partial charge in [-0.2, -0.15) is 4.98 Å². The number of halogens is 2. The second-order valence-electron chi connectivity index (χ2n) is 4.25. The third kappa shape index (κ3) is 3.57. The van der Waals surface area contributed by atoms with E-state index in [-0.39, 0.29) is 16.7 Å². The maximum atomic E-state index is 13.8. The minimum Gasteiger partial charge on any atom is -0.436 e. The van der Waals surface area contributed by atoms with Crippen molar-refractivity contribution in [1.29, 1.82) is 0 Å². The van der Waals surface area contributed by atoms with E-state index in [1.165, 1.54) is 12.1 Å². The van der Waals surface area contributed by atoms with Gasteiger partial charge in [0.1, 0.15) is 0 Å². The highest BCUT2D eigenvalue weighted by molar-refractivity contribution is 6.30. The molecule has 0 aliphatic rings. The van der Waals surface area contributed by atoms with Crippen LogP contribution in [0.3, 0.4) is 0 Å². The number of nitrogens with one attached hydrogen (secondary N) is 1. The molecule has 0 aliphatic carbocycles. The van der Waals surface area contributed by atoms with Crippen LogP contribution in [-0.4, -0.2) is 16.5 Å². The lowest BCUT2D eigenvalue weighted by molar-refractivity contribution is 0.427. The molecule has 0 fully saturated rings. The largest absolute Gasteiger partial charge is 0.436 e. The van der Waals surface area contributed by atoms with Gasteiger partial charge in [0.05, 0.1) is 5.02 Å². The molecule has 0 aliphatic heterocycles. The second kappa shape index (κ2) is 6.52. The molecule has 0 spiro atoms. The van der Waals surface area contributed by atoms with Crippen LogP contribution in [0.25, 0.3) is 0 Å². The molecule has 2 aromatic rings. The number of nitrogens with zero attached hydrogens (tertiary/aromatic N) is 2. The van der Waals surface area contributed by atoms with Crippen LogP contribution in [0.15, 0.2) is 24.3 Å². The molecule has 2 rings (SSSR count). The van der Waals surface area contributed by atoms with Gasteiger partial charge in [-0.3, -0.25) is 0 Å². The highest BCUT2D eigenvalue weighted by Gasteiger charge is 2.10. The summed E-state index contributed by atoms with van der Waals surface area (Å²) in [5, 5.41) is 3.08. The zero-order valence-electron chi connectivity index (χ0n) is 11.3. The number of aryl methyl sites for hydroxylation is 1. The van der Waals surface area contributed by atoms with E-state index in [2.05, 4.69) is 15.3 Å². The SMILES string of the molecule is CCCNc1nc(C)cc(Oc2cccc(Cl)c2F)n1. The fourth-order valence-electron chi connectivity index (χ4n) is 1.58. The number of anilines is 1. The van der Waals surface area contributed by atoms with E-state index >= 15 is 0 Å². The predicted octanol–water partition coefficient (Wildman–Crippen LogP) is 4.19. The molecule has 0 amide bonds. The molecule has 20 heavy (non-hydrogen) atoms. The summed E-state index contributed by atoms with van der Waals surface area (Å²) in [6.45, 7) is 4.62. The van der Waals surface area contributed by atoms with Crippen molar-refractivity contribution < 1.29 is 9.13 Å². The minimum absolute atomic E-state index is 0.0117. The summed E-state index contributed by atoms with van der Waals surface area (Å²) in [7, 11) is 0. The van der Waals surface area contributed by atoms with Gasteiger partial charge in [-0.05, 0) is 25.5 Å². The van der Waals surface area contributed by atoms with Crippen molar-refractivity contribution in [1.82, 2.24) is 9.97 Å². The molecule has 0 radical (unpaired) electrons. The summed E-state index contributed by atoms with van der Waals surface area (Å²) < 4.78 is 19.2. The molecule has 1 aromatic carbocycles. The first kappa shape index (κ1) is 14.5. The lowest BCUT2D eigenvalue weighted by Crippen LogP contribution is -2.06. The third-order valence-electron chi connectivity index (χ3n) is 2.49. The number of rotatable bonds is 5. The van der Waals surface area contributed by atoms with Crippen LogP contribution in [0.1, 0.15) is 19.0 Å². The number of aromatic nitrogens is 2. The zero-order valence-corrected chi connectivity index (χ0v) is 12.0. The van der Waals surface area contributed by atoms with E-state index in [1.807, 2.05) is 13.8 Å². The Morgan fingerprint density at radius 3 is 2.90 bits per heavy atom. The van der Waals surface area contributed by atoms with Crippen LogP contribution in [-0.2, 0) is 0 Å². The van der Waals surface area contributed by atoms with E-state index in [4.69, 9.17) is 16.3 Å². The average molecular weight is 296 g/mol. The normalized spacial score (nSPS) is 10.4. The summed E-state index contributed by atoms with van der Waals surface area (Å²) >= 11 is 5.71. The Labute approximate surface area is 122 Å². The maximum absolute atomic E-state index is 13.8. The highest BCUT2D eigenvalue weighted by atomic mass is 35.5. The topological polar surface area (TPSA) is 47.0 Å². The maximum Gasteiger partial charge on any atom is 0.226 e. The lowest BCUT2D eigenvalue weighted by Gasteiger charge is -2.09. The summed E-state index contributed by atoms with van der Waals surface area (Å²) in [6, 6.07) is 6.21. The molecule has 1 aromatic heterocycles. The first-order chi connectivity index (χ1) is 9.60. The van der Waals surface area contributed by atoms with Crippen LogP contribution in [0.4, 0.5) is 10.3 Å². The van der Waals surface area contributed by atoms with Crippen molar-refractivity contribution in [2.75, 3.05) is 11.9 Å². The molecule has 0 atom stereocenters. The van der Waals surface area contributed by atoms with Gasteiger partial charge in [0, 0.05) is 18.3 Å². The van der Waals surface area contributed by atoms with Crippen LogP contribution in [0, 0.1) is 12.7 Å². The van der Waals surface area contributed by atoms with E-state index in [1.54, 1.807) is 12.1 Å². The molecule has 0 saturated heterocycles. The fourth-order valence-corrected chi connectivity index (χ4v) is 1.75. The standard InChI is InChI=1S/C14H15ClFN3O/c1-3-7-17-14-18-9(2)8-12(19-14)20-11-6-4-5-10(15)13(11)16/h4-6,8H,3,7H2,1-2H3,(H,17,18,19). The van der Waals surface area contributed by atoms with Crippen LogP contribution in [0.5, 0.6) is 11.6 Å². The first-order valence-electron chi connectivity index (χ1n) is 6.31. The molecule has 6 heteroatoms.